The maximum atomic E-state index is 15.1. The van der Waals surface area contributed by atoms with Gasteiger partial charge in [-0.3, -0.25) is 10.1 Å². The third kappa shape index (κ3) is 5.04. The van der Waals surface area contributed by atoms with Gasteiger partial charge in [-0.05, 0) is 23.3 Å². The van der Waals surface area contributed by atoms with Crippen LogP contribution in [0.15, 0.2) is 84.9 Å². The van der Waals surface area contributed by atoms with Gasteiger partial charge in [0.05, 0.1) is 4.92 Å². The van der Waals surface area contributed by atoms with Crippen molar-refractivity contribution in [3.8, 4) is 0 Å². The van der Waals surface area contributed by atoms with Crippen LogP contribution in [0.3, 0.4) is 0 Å². The zero-order valence-electron chi connectivity index (χ0n) is 15.4. The van der Waals surface area contributed by atoms with Crippen molar-refractivity contribution in [3.05, 3.63) is 112 Å². The van der Waals surface area contributed by atoms with E-state index in [0.29, 0.717) is 0 Å². The topological polar surface area (TPSA) is 80.5 Å². The van der Waals surface area contributed by atoms with Crippen LogP contribution in [0, 0.1) is 10.1 Å². The van der Waals surface area contributed by atoms with Crippen LogP contribution in [0.25, 0.3) is 0 Å². The fourth-order valence-electron chi connectivity index (χ4n) is 2.86. The molecule has 150 valence electrons. The van der Waals surface area contributed by atoms with Crippen molar-refractivity contribution in [1.82, 2.24) is 4.31 Å². The Labute approximate surface area is 168 Å². The number of nitro benzene ring substituents is 1. The Morgan fingerprint density at radius 3 is 1.69 bits per heavy atom. The van der Waals surface area contributed by atoms with Gasteiger partial charge in [0.1, 0.15) is 0 Å². The summed E-state index contributed by atoms with van der Waals surface area (Å²) in [5, 5.41) is 10.8. The Hall–Kier alpha value is -3.10. The van der Waals surface area contributed by atoms with Gasteiger partial charge in [-0.2, -0.15) is 4.31 Å². The molecule has 0 amide bonds. The molecule has 0 heterocycles. The van der Waals surface area contributed by atoms with Crippen LogP contribution in [0.2, 0.25) is 0 Å². The molecule has 1 unspecified atom stereocenters. The van der Waals surface area contributed by atoms with Crippen molar-refractivity contribution in [2.24, 2.45) is 0 Å². The van der Waals surface area contributed by atoms with E-state index < -0.39 is 20.5 Å². The van der Waals surface area contributed by atoms with Gasteiger partial charge >= 0.3 is 0 Å². The summed E-state index contributed by atoms with van der Waals surface area (Å²) in [5.41, 5.74) is -1.27. The molecule has 6 nitrogen and oxygen atoms in total. The van der Waals surface area contributed by atoms with Gasteiger partial charge in [-0.15, -0.1) is 0 Å². The minimum Gasteiger partial charge on any atom is -0.258 e. The summed E-state index contributed by atoms with van der Waals surface area (Å²) in [6, 6.07) is 22.3. The quantitative estimate of drug-likeness (QED) is 0.399. The highest BCUT2D eigenvalue weighted by molar-refractivity contribution is 7.89. The smallest absolute Gasteiger partial charge is 0.258 e. The highest BCUT2D eigenvalue weighted by atomic mass is 32.2. The van der Waals surface area contributed by atoms with E-state index >= 15 is 4.39 Å². The summed E-state index contributed by atoms with van der Waals surface area (Å²) < 4.78 is 42.3. The molecule has 0 saturated heterocycles. The number of halogens is 1. The number of sulfonamides is 1. The van der Waals surface area contributed by atoms with Gasteiger partial charge in [0.15, 0.2) is 0 Å². The summed E-state index contributed by atoms with van der Waals surface area (Å²) in [7, 11) is -4.39. The van der Waals surface area contributed by atoms with Gasteiger partial charge < -0.3 is 0 Å². The fourth-order valence-corrected chi connectivity index (χ4v) is 4.28. The predicted molar refractivity (Wildman–Crippen MR) is 108 cm³/mol. The molecule has 0 saturated carbocycles. The SMILES string of the molecule is O=[N+]([O-])c1ccc(C(F)S(=O)(=O)N(Cc2ccccc2)Cc2ccccc2)cc1. The Morgan fingerprint density at radius 1 is 0.828 bits per heavy atom. The molecule has 0 spiro atoms. The van der Waals surface area contributed by atoms with E-state index in [2.05, 4.69) is 0 Å². The molecule has 0 aromatic heterocycles. The third-order valence-corrected chi connectivity index (χ3v) is 6.16. The van der Waals surface area contributed by atoms with E-state index in [-0.39, 0.29) is 24.3 Å². The fraction of sp³-hybridized carbons (Fsp3) is 0.143. The summed E-state index contributed by atoms with van der Waals surface area (Å²) >= 11 is 0. The lowest BCUT2D eigenvalue weighted by Gasteiger charge is -2.24. The van der Waals surface area contributed by atoms with Gasteiger partial charge in [-0.25, -0.2) is 12.8 Å². The Morgan fingerprint density at radius 2 is 1.28 bits per heavy atom. The standard InChI is InChI=1S/C21H19FN2O4S/c22-21(19-11-13-20(14-12-19)24(25)26)29(27,28)23(15-17-7-3-1-4-8-17)16-18-9-5-2-6-10-18/h1-14,21H,15-16H2. The van der Waals surface area contributed by atoms with Crippen molar-refractivity contribution >= 4 is 15.7 Å². The Kier molecular flexibility index (Phi) is 6.36. The first-order chi connectivity index (χ1) is 13.9. The third-order valence-electron chi connectivity index (χ3n) is 4.39. The van der Waals surface area contributed by atoms with Crippen molar-refractivity contribution in [2.45, 2.75) is 18.6 Å². The molecule has 0 bridgehead atoms. The number of non-ortho nitro benzene ring substituents is 1. The summed E-state index contributed by atoms with van der Waals surface area (Å²) in [6.45, 7) is 0.0109. The van der Waals surface area contributed by atoms with E-state index in [4.69, 9.17) is 0 Å². The molecule has 3 rings (SSSR count). The van der Waals surface area contributed by atoms with Gasteiger partial charge in [0, 0.05) is 30.8 Å². The maximum absolute atomic E-state index is 15.1. The normalized spacial score (nSPS) is 12.6. The molecule has 0 N–H and O–H groups in total. The lowest BCUT2D eigenvalue weighted by molar-refractivity contribution is -0.384. The number of hydrogen-bond acceptors (Lipinski definition) is 4. The summed E-state index contributed by atoms with van der Waals surface area (Å²) in [4.78, 5) is 10.2. The number of rotatable bonds is 8. The number of benzene rings is 3. The van der Waals surface area contributed by atoms with Crippen LogP contribution in [0.1, 0.15) is 22.2 Å². The van der Waals surface area contributed by atoms with E-state index in [0.717, 1.165) is 39.7 Å². The molecule has 0 radical (unpaired) electrons. The average molecular weight is 414 g/mol. The second kappa shape index (κ2) is 8.93. The second-order valence-electron chi connectivity index (χ2n) is 6.45. The van der Waals surface area contributed by atoms with Gasteiger partial charge in [0.25, 0.3) is 15.7 Å². The molecule has 3 aromatic carbocycles. The molecular formula is C21H19FN2O4S. The minimum absolute atomic E-state index is 0.00543. The number of nitro groups is 1. The zero-order valence-corrected chi connectivity index (χ0v) is 16.2. The summed E-state index contributed by atoms with van der Waals surface area (Å²) in [5.74, 6) is 0. The van der Waals surface area contributed by atoms with Crippen LogP contribution in [0.5, 0.6) is 0 Å². The monoisotopic (exact) mass is 414 g/mol. The van der Waals surface area contributed by atoms with Gasteiger partial charge in [0.2, 0.25) is 5.50 Å². The first-order valence-electron chi connectivity index (χ1n) is 8.83. The molecule has 0 aliphatic rings. The number of alkyl halides is 1. The van der Waals surface area contributed by atoms with Crippen molar-refractivity contribution < 1.29 is 17.7 Å². The predicted octanol–water partition coefficient (Wildman–Crippen LogP) is 4.60. The van der Waals surface area contributed by atoms with E-state index in [1.54, 1.807) is 48.5 Å². The van der Waals surface area contributed by atoms with Crippen LogP contribution < -0.4 is 0 Å². The average Bonchev–Trinajstić information content (AvgIpc) is 2.74. The summed E-state index contributed by atoms with van der Waals surface area (Å²) in [6.07, 6.45) is 0. The van der Waals surface area contributed by atoms with Crippen LogP contribution in [0.4, 0.5) is 10.1 Å². The minimum atomic E-state index is -4.39. The molecule has 29 heavy (non-hydrogen) atoms. The lowest BCUT2D eigenvalue weighted by atomic mass is 10.2. The Bertz CT molecular complexity index is 1020. The van der Waals surface area contributed by atoms with E-state index in [1.165, 1.54) is 0 Å². The highest BCUT2D eigenvalue weighted by Gasteiger charge is 2.34. The maximum Gasteiger partial charge on any atom is 0.269 e. The largest absolute Gasteiger partial charge is 0.269 e. The van der Waals surface area contributed by atoms with Crippen molar-refractivity contribution in [3.63, 3.8) is 0 Å². The first kappa shape index (κ1) is 20.6. The number of hydrogen-bond donors (Lipinski definition) is 0. The molecule has 3 aromatic rings. The molecule has 0 fully saturated rings. The van der Waals surface area contributed by atoms with Crippen molar-refractivity contribution in [2.75, 3.05) is 0 Å². The van der Waals surface area contributed by atoms with Crippen LogP contribution in [-0.2, 0) is 23.1 Å². The Balaban J connectivity index is 1.92. The molecule has 1 atom stereocenters. The van der Waals surface area contributed by atoms with E-state index in [1.807, 2.05) is 12.1 Å². The van der Waals surface area contributed by atoms with Crippen molar-refractivity contribution in [1.29, 1.82) is 0 Å². The zero-order chi connectivity index (χ0) is 20.9. The number of nitrogens with zero attached hydrogens (tertiary/aromatic N) is 2. The lowest BCUT2D eigenvalue weighted by Crippen LogP contribution is -2.33. The highest BCUT2D eigenvalue weighted by Crippen LogP contribution is 2.30. The first-order valence-corrected chi connectivity index (χ1v) is 10.3. The molecule has 0 aliphatic carbocycles. The second-order valence-corrected chi connectivity index (χ2v) is 8.41. The van der Waals surface area contributed by atoms with E-state index in [9.17, 15) is 18.5 Å². The van der Waals surface area contributed by atoms with Crippen LogP contribution in [-0.4, -0.2) is 17.6 Å². The molecular weight excluding hydrogens is 395 g/mol. The van der Waals surface area contributed by atoms with Crippen LogP contribution >= 0.6 is 0 Å². The molecule has 0 aliphatic heterocycles. The van der Waals surface area contributed by atoms with Gasteiger partial charge in [-0.1, -0.05) is 60.7 Å². The molecule has 8 heteroatoms.